The largest absolute Gasteiger partial charge is 0.459 e. The molecule has 3 heteroatoms. The number of alkyl halides is 1. The van der Waals surface area contributed by atoms with E-state index in [0.29, 0.717) is 0 Å². The number of carbonyl (C=O) groups is 1. The highest BCUT2D eigenvalue weighted by atomic mass is 127. The van der Waals surface area contributed by atoms with E-state index in [1.807, 2.05) is 34.6 Å². The van der Waals surface area contributed by atoms with Crippen LogP contribution in [0.2, 0.25) is 0 Å². The summed E-state index contributed by atoms with van der Waals surface area (Å²) in [6, 6.07) is 0. The molecule has 0 saturated heterocycles. The Morgan fingerprint density at radius 2 is 1.55 bits per heavy atom. The van der Waals surface area contributed by atoms with Gasteiger partial charge >= 0.3 is 5.97 Å². The number of hydrogen-bond donors (Lipinski definition) is 0. The van der Waals surface area contributed by atoms with E-state index in [-0.39, 0.29) is 11.6 Å². The first-order valence-electron chi connectivity index (χ1n) is 3.55. The van der Waals surface area contributed by atoms with E-state index in [2.05, 4.69) is 22.6 Å². The summed E-state index contributed by atoms with van der Waals surface area (Å²) < 4.78 is 4.73. The standard InChI is InChI=1S/C8H15IO2/c1-7(2,3)11-6(10)8(4,5)9/h1-5H3. The smallest absolute Gasteiger partial charge is 0.321 e. The quantitative estimate of drug-likeness (QED) is 0.416. The van der Waals surface area contributed by atoms with E-state index in [4.69, 9.17) is 4.74 Å². The Morgan fingerprint density at radius 3 is 1.64 bits per heavy atom. The predicted molar refractivity (Wildman–Crippen MR) is 53.9 cm³/mol. The van der Waals surface area contributed by atoms with Gasteiger partial charge < -0.3 is 4.74 Å². The molecular weight excluding hydrogens is 255 g/mol. The Morgan fingerprint density at radius 1 is 1.18 bits per heavy atom. The van der Waals surface area contributed by atoms with E-state index in [9.17, 15) is 4.79 Å². The zero-order chi connectivity index (χ0) is 9.28. The fourth-order valence-corrected chi connectivity index (χ4v) is 0.510. The molecule has 0 heterocycles. The molecule has 0 atom stereocenters. The van der Waals surface area contributed by atoms with Gasteiger partial charge in [-0.3, -0.25) is 4.79 Å². The molecule has 11 heavy (non-hydrogen) atoms. The molecule has 0 aromatic heterocycles. The molecule has 2 nitrogen and oxygen atoms in total. The maximum atomic E-state index is 11.3. The predicted octanol–water partition coefficient (Wildman–Crippen LogP) is 2.54. The van der Waals surface area contributed by atoms with Crippen LogP contribution in [0.25, 0.3) is 0 Å². The molecule has 0 unspecified atom stereocenters. The van der Waals surface area contributed by atoms with Gasteiger partial charge in [-0.15, -0.1) is 0 Å². The van der Waals surface area contributed by atoms with Crippen molar-refractivity contribution in [3.05, 3.63) is 0 Å². The Hall–Kier alpha value is 0.200. The highest BCUT2D eigenvalue weighted by molar-refractivity contribution is 14.1. The molecule has 0 saturated carbocycles. The second-order valence-corrected chi connectivity index (χ2v) is 6.67. The van der Waals surface area contributed by atoms with E-state index in [1.165, 1.54) is 0 Å². The van der Waals surface area contributed by atoms with Crippen molar-refractivity contribution >= 4 is 28.6 Å². The van der Waals surface area contributed by atoms with E-state index < -0.39 is 3.42 Å². The van der Waals surface area contributed by atoms with Crippen molar-refractivity contribution in [3.63, 3.8) is 0 Å². The third kappa shape index (κ3) is 5.47. The molecule has 0 aliphatic heterocycles. The maximum Gasteiger partial charge on any atom is 0.321 e. The molecule has 0 rings (SSSR count). The summed E-state index contributed by atoms with van der Waals surface area (Å²) in [4.78, 5) is 11.3. The van der Waals surface area contributed by atoms with Gasteiger partial charge in [0.1, 0.15) is 9.02 Å². The van der Waals surface area contributed by atoms with Crippen LogP contribution in [-0.4, -0.2) is 15.0 Å². The van der Waals surface area contributed by atoms with Crippen LogP contribution in [0.4, 0.5) is 0 Å². The molecule has 0 aliphatic rings. The number of carbonyl (C=O) groups excluding carboxylic acids is 1. The average molecular weight is 270 g/mol. The van der Waals surface area contributed by atoms with E-state index in [0.717, 1.165) is 0 Å². The van der Waals surface area contributed by atoms with Gasteiger partial charge in [-0.05, 0) is 34.6 Å². The Balaban J connectivity index is 4.11. The molecule has 66 valence electrons. The van der Waals surface area contributed by atoms with Crippen molar-refractivity contribution < 1.29 is 9.53 Å². The van der Waals surface area contributed by atoms with Crippen LogP contribution in [0.1, 0.15) is 34.6 Å². The Bertz CT molecular complexity index is 150. The summed E-state index contributed by atoms with van der Waals surface area (Å²) in [5.74, 6) is -0.161. The molecule has 0 radical (unpaired) electrons. The maximum absolute atomic E-state index is 11.3. The van der Waals surface area contributed by atoms with Gasteiger partial charge in [0.15, 0.2) is 0 Å². The Labute approximate surface area is 81.8 Å². The molecule has 0 bridgehead atoms. The van der Waals surface area contributed by atoms with Gasteiger partial charge in [-0.2, -0.15) is 0 Å². The summed E-state index contributed by atoms with van der Waals surface area (Å²) in [6.45, 7) is 9.27. The summed E-state index contributed by atoms with van der Waals surface area (Å²) >= 11 is 2.07. The highest BCUT2D eigenvalue weighted by Crippen LogP contribution is 2.21. The summed E-state index contributed by atoms with van der Waals surface area (Å²) in [6.07, 6.45) is 0. The van der Waals surface area contributed by atoms with Gasteiger partial charge in [0.25, 0.3) is 0 Å². The zero-order valence-electron chi connectivity index (χ0n) is 7.69. The van der Waals surface area contributed by atoms with Gasteiger partial charge in [0, 0.05) is 0 Å². The molecular formula is C8H15IO2. The third-order valence-corrected chi connectivity index (χ3v) is 1.32. The second-order valence-electron chi connectivity index (χ2n) is 3.97. The lowest BCUT2D eigenvalue weighted by Crippen LogP contribution is -2.34. The first-order chi connectivity index (χ1) is 4.63. The van der Waals surface area contributed by atoms with Crippen LogP contribution in [0.15, 0.2) is 0 Å². The number of esters is 1. The number of rotatable bonds is 1. The second kappa shape index (κ2) is 3.29. The fraction of sp³-hybridized carbons (Fsp3) is 0.875. The van der Waals surface area contributed by atoms with Crippen molar-refractivity contribution in [2.24, 2.45) is 0 Å². The SMILES string of the molecule is CC(C)(C)OC(=O)C(C)(C)I. The van der Waals surface area contributed by atoms with Gasteiger partial charge in [-0.25, -0.2) is 0 Å². The minimum absolute atomic E-state index is 0.161. The minimum Gasteiger partial charge on any atom is -0.459 e. The van der Waals surface area contributed by atoms with Crippen LogP contribution in [0, 0.1) is 0 Å². The van der Waals surface area contributed by atoms with Crippen molar-refractivity contribution in [1.29, 1.82) is 0 Å². The first kappa shape index (κ1) is 11.2. The number of halogens is 1. The molecule has 0 aromatic rings. The average Bonchev–Trinajstić information content (AvgIpc) is 1.56. The lowest BCUT2D eigenvalue weighted by Gasteiger charge is -2.24. The van der Waals surface area contributed by atoms with Crippen molar-refractivity contribution in [2.45, 2.75) is 43.6 Å². The van der Waals surface area contributed by atoms with Gasteiger partial charge in [0.2, 0.25) is 0 Å². The monoisotopic (exact) mass is 270 g/mol. The molecule has 0 aromatic carbocycles. The van der Waals surface area contributed by atoms with Gasteiger partial charge in [-0.1, -0.05) is 22.6 Å². The zero-order valence-corrected chi connectivity index (χ0v) is 9.85. The van der Waals surface area contributed by atoms with E-state index in [1.54, 1.807) is 0 Å². The van der Waals surface area contributed by atoms with E-state index >= 15 is 0 Å². The fourth-order valence-electron chi connectivity index (χ4n) is 0.399. The minimum atomic E-state index is -0.426. The molecule has 0 fully saturated rings. The van der Waals surface area contributed by atoms with Crippen LogP contribution < -0.4 is 0 Å². The first-order valence-corrected chi connectivity index (χ1v) is 4.63. The number of ether oxygens (including phenoxy) is 1. The van der Waals surface area contributed by atoms with Crippen LogP contribution in [-0.2, 0) is 9.53 Å². The van der Waals surface area contributed by atoms with Crippen LogP contribution in [0.3, 0.4) is 0 Å². The van der Waals surface area contributed by atoms with Gasteiger partial charge in [0.05, 0.1) is 0 Å². The molecule has 0 N–H and O–H groups in total. The normalized spacial score (nSPS) is 12.9. The molecule has 0 aliphatic carbocycles. The van der Waals surface area contributed by atoms with Crippen molar-refractivity contribution in [3.8, 4) is 0 Å². The highest BCUT2D eigenvalue weighted by Gasteiger charge is 2.29. The van der Waals surface area contributed by atoms with Crippen molar-refractivity contribution in [1.82, 2.24) is 0 Å². The lowest BCUT2D eigenvalue weighted by molar-refractivity contribution is -0.156. The summed E-state index contributed by atoms with van der Waals surface area (Å²) in [7, 11) is 0. The van der Waals surface area contributed by atoms with Crippen LogP contribution >= 0.6 is 22.6 Å². The summed E-state index contributed by atoms with van der Waals surface area (Å²) in [5, 5.41) is 0. The Kier molecular flexibility index (Phi) is 3.35. The summed E-state index contributed by atoms with van der Waals surface area (Å²) in [5.41, 5.74) is -0.375. The molecule has 0 spiro atoms. The van der Waals surface area contributed by atoms with Crippen LogP contribution in [0.5, 0.6) is 0 Å². The lowest BCUT2D eigenvalue weighted by atomic mass is 10.1. The molecule has 0 amide bonds. The topological polar surface area (TPSA) is 26.3 Å². The number of hydrogen-bond acceptors (Lipinski definition) is 2. The van der Waals surface area contributed by atoms with Crippen molar-refractivity contribution in [2.75, 3.05) is 0 Å². The third-order valence-electron chi connectivity index (χ3n) is 0.884.